The van der Waals surface area contributed by atoms with E-state index in [0.29, 0.717) is 17.1 Å². The third kappa shape index (κ3) is 4.00. The first-order chi connectivity index (χ1) is 15.1. The van der Waals surface area contributed by atoms with Crippen LogP contribution in [-0.4, -0.2) is 30.9 Å². The average Bonchev–Trinajstić information content (AvgIpc) is 3.14. The smallest absolute Gasteiger partial charge is 0.280 e. The summed E-state index contributed by atoms with van der Waals surface area (Å²) in [5, 5.41) is 2.63. The summed E-state index contributed by atoms with van der Waals surface area (Å²) in [6.45, 7) is 1.32. The molecule has 0 aliphatic carbocycles. The van der Waals surface area contributed by atoms with Crippen LogP contribution in [0.4, 0.5) is 20.2 Å². The van der Waals surface area contributed by atoms with Gasteiger partial charge in [0.05, 0.1) is 23.3 Å². The fourth-order valence-corrected chi connectivity index (χ4v) is 4.31. The molecule has 12 heteroatoms. The molecule has 0 fully saturated rings. The minimum absolute atomic E-state index is 0.0677. The highest BCUT2D eigenvalue weighted by Gasteiger charge is 2.27. The zero-order chi connectivity index (χ0) is 23.2. The van der Waals surface area contributed by atoms with Gasteiger partial charge in [-0.3, -0.25) is 9.36 Å². The minimum Gasteiger partial charge on any atom is -0.471 e. The Balaban J connectivity index is 1.69. The SMILES string of the molecule is Cc1nc(OCc2ccc(F)cc2F)c(Cl)c(=O)n1-c1ccc2c(c1)N(S(C)(=O)=O)CN2. The molecular formula is C20H17ClF2N4O4S. The Bertz CT molecular complexity index is 1400. The van der Waals surface area contributed by atoms with Crippen LogP contribution in [0.25, 0.3) is 5.69 Å². The summed E-state index contributed by atoms with van der Waals surface area (Å²) >= 11 is 6.18. The molecule has 3 aromatic rings. The van der Waals surface area contributed by atoms with Crippen molar-refractivity contribution < 1.29 is 21.9 Å². The predicted octanol–water partition coefficient (Wildman–Crippen LogP) is 3.20. The number of aryl methyl sites for hydroxylation is 1. The van der Waals surface area contributed by atoms with Crippen LogP contribution in [-0.2, 0) is 16.6 Å². The molecule has 0 spiro atoms. The Labute approximate surface area is 187 Å². The van der Waals surface area contributed by atoms with Gasteiger partial charge in [0.25, 0.3) is 5.56 Å². The lowest BCUT2D eigenvalue weighted by atomic mass is 10.2. The third-order valence-electron chi connectivity index (χ3n) is 4.87. The molecule has 1 aliphatic rings. The van der Waals surface area contributed by atoms with Crippen molar-refractivity contribution in [1.29, 1.82) is 0 Å². The Morgan fingerprint density at radius 3 is 2.66 bits per heavy atom. The lowest BCUT2D eigenvalue weighted by molar-refractivity contribution is 0.285. The second-order valence-corrected chi connectivity index (χ2v) is 9.38. The van der Waals surface area contributed by atoms with E-state index in [2.05, 4.69) is 10.3 Å². The lowest BCUT2D eigenvalue weighted by Crippen LogP contribution is -2.29. The molecule has 1 aromatic heterocycles. The number of hydrogen-bond donors (Lipinski definition) is 1. The highest BCUT2D eigenvalue weighted by molar-refractivity contribution is 7.92. The van der Waals surface area contributed by atoms with Gasteiger partial charge in [0.2, 0.25) is 15.9 Å². The number of benzene rings is 2. The fraction of sp³-hybridized carbons (Fsp3) is 0.200. The summed E-state index contributed by atoms with van der Waals surface area (Å²) < 4.78 is 58.8. The molecule has 168 valence electrons. The van der Waals surface area contributed by atoms with Crippen LogP contribution in [0.3, 0.4) is 0 Å². The first-order valence-corrected chi connectivity index (χ1v) is 11.5. The summed E-state index contributed by atoms with van der Waals surface area (Å²) in [6, 6.07) is 7.84. The van der Waals surface area contributed by atoms with E-state index in [1.165, 1.54) is 21.0 Å². The van der Waals surface area contributed by atoms with Gasteiger partial charge in [-0.1, -0.05) is 11.6 Å². The largest absolute Gasteiger partial charge is 0.471 e. The number of nitrogens with one attached hydrogen (secondary N) is 1. The van der Waals surface area contributed by atoms with E-state index in [0.717, 1.165) is 18.4 Å². The van der Waals surface area contributed by atoms with E-state index >= 15 is 0 Å². The number of aromatic nitrogens is 2. The maximum absolute atomic E-state index is 13.8. The second kappa shape index (κ2) is 8.06. The maximum Gasteiger partial charge on any atom is 0.280 e. The number of ether oxygens (including phenoxy) is 1. The normalized spacial score (nSPS) is 13.1. The van der Waals surface area contributed by atoms with Gasteiger partial charge >= 0.3 is 0 Å². The van der Waals surface area contributed by atoms with Crippen molar-refractivity contribution in [2.24, 2.45) is 0 Å². The van der Waals surface area contributed by atoms with Crippen molar-refractivity contribution in [1.82, 2.24) is 9.55 Å². The molecule has 8 nitrogen and oxygen atoms in total. The van der Waals surface area contributed by atoms with Crippen LogP contribution in [0.1, 0.15) is 11.4 Å². The van der Waals surface area contributed by atoms with Crippen molar-refractivity contribution in [3.05, 3.63) is 74.8 Å². The molecule has 0 bridgehead atoms. The van der Waals surface area contributed by atoms with Crippen molar-refractivity contribution >= 4 is 33.0 Å². The van der Waals surface area contributed by atoms with Crippen LogP contribution in [0, 0.1) is 18.6 Å². The number of fused-ring (bicyclic) bond motifs is 1. The van der Waals surface area contributed by atoms with Gasteiger partial charge in [-0.15, -0.1) is 0 Å². The highest BCUT2D eigenvalue weighted by atomic mass is 35.5. The number of hydrogen-bond acceptors (Lipinski definition) is 6. The van der Waals surface area contributed by atoms with E-state index in [1.807, 2.05) is 0 Å². The predicted molar refractivity (Wildman–Crippen MR) is 116 cm³/mol. The topological polar surface area (TPSA) is 93.5 Å². The average molecular weight is 483 g/mol. The summed E-state index contributed by atoms with van der Waals surface area (Å²) in [5.74, 6) is -1.51. The van der Waals surface area contributed by atoms with Gasteiger partial charge in [-0.05, 0) is 37.3 Å². The van der Waals surface area contributed by atoms with Gasteiger partial charge in [-0.2, -0.15) is 4.98 Å². The summed E-state index contributed by atoms with van der Waals surface area (Å²) in [5.41, 5.74) is 0.766. The van der Waals surface area contributed by atoms with Gasteiger partial charge in [0.15, 0.2) is 5.02 Å². The van der Waals surface area contributed by atoms with E-state index in [-0.39, 0.29) is 35.6 Å². The molecule has 2 aromatic carbocycles. The Hall–Kier alpha value is -3.18. The lowest BCUT2D eigenvalue weighted by Gasteiger charge is -2.17. The molecule has 0 saturated heterocycles. The van der Waals surface area contributed by atoms with Crippen molar-refractivity contribution in [2.45, 2.75) is 13.5 Å². The van der Waals surface area contributed by atoms with Crippen molar-refractivity contribution in [3.8, 4) is 11.6 Å². The van der Waals surface area contributed by atoms with E-state index in [4.69, 9.17) is 16.3 Å². The van der Waals surface area contributed by atoms with Crippen LogP contribution >= 0.6 is 11.6 Å². The zero-order valence-electron chi connectivity index (χ0n) is 16.9. The molecular weight excluding hydrogens is 466 g/mol. The van der Waals surface area contributed by atoms with Crippen molar-refractivity contribution in [3.63, 3.8) is 0 Å². The number of sulfonamides is 1. The molecule has 2 heterocycles. The summed E-state index contributed by atoms with van der Waals surface area (Å²) in [4.78, 5) is 17.2. The van der Waals surface area contributed by atoms with Crippen LogP contribution in [0.15, 0.2) is 41.2 Å². The van der Waals surface area contributed by atoms with Crippen molar-refractivity contribution in [2.75, 3.05) is 22.5 Å². The van der Waals surface area contributed by atoms with Crippen LogP contribution in [0.2, 0.25) is 5.02 Å². The third-order valence-corrected chi connectivity index (χ3v) is 6.32. The minimum atomic E-state index is -3.52. The van der Waals surface area contributed by atoms with Gasteiger partial charge in [0.1, 0.15) is 30.7 Å². The molecule has 0 atom stereocenters. The number of rotatable bonds is 5. The first kappa shape index (κ1) is 22.0. The Kier molecular flexibility index (Phi) is 5.55. The monoisotopic (exact) mass is 482 g/mol. The van der Waals surface area contributed by atoms with Gasteiger partial charge in [-0.25, -0.2) is 21.5 Å². The number of anilines is 2. The molecule has 0 radical (unpaired) electrons. The quantitative estimate of drug-likeness (QED) is 0.600. The Morgan fingerprint density at radius 2 is 1.97 bits per heavy atom. The van der Waals surface area contributed by atoms with Gasteiger partial charge in [0, 0.05) is 11.6 Å². The van der Waals surface area contributed by atoms with E-state index < -0.39 is 27.2 Å². The molecule has 1 aliphatic heterocycles. The standard InChI is InChI=1S/C20H17ClF2N4O4S/c1-11-25-19(31-9-12-3-4-13(22)7-15(12)23)18(21)20(28)27(11)14-5-6-16-17(8-14)26(10-24-16)32(2,29)30/h3-8,24H,9-10H2,1-2H3. The van der Waals surface area contributed by atoms with E-state index in [9.17, 15) is 22.0 Å². The molecule has 4 rings (SSSR count). The molecule has 0 unspecified atom stereocenters. The molecule has 0 amide bonds. The van der Waals surface area contributed by atoms with Crippen LogP contribution < -0.4 is 19.9 Å². The fourth-order valence-electron chi connectivity index (χ4n) is 3.32. The summed E-state index contributed by atoms with van der Waals surface area (Å²) in [6.07, 6.45) is 1.09. The number of nitrogens with zero attached hydrogens (tertiary/aromatic N) is 3. The summed E-state index contributed by atoms with van der Waals surface area (Å²) in [7, 11) is -3.52. The molecule has 32 heavy (non-hydrogen) atoms. The van der Waals surface area contributed by atoms with E-state index in [1.54, 1.807) is 19.1 Å². The second-order valence-electron chi connectivity index (χ2n) is 7.09. The van der Waals surface area contributed by atoms with Crippen LogP contribution in [0.5, 0.6) is 5.88 Å². The number of halogens is 3. The highest BCUT2D eigenvalue weighted by Crippen LogP contribution is 2.35. The Morgan fingerprint density at radius 1 is 1.22 bits per heavy atom. The maximum atomic E-state index is 13.8. The van der Waals surface area contributed by atoms with Gasteiger partial charge < -0.3 is 10.1 Å². The molecule has 1 N–H and O–H groups in total. The zero-order valence-corrected chi connectivity index (χ0v) is 18.5. The first-order valence-electron chi connectivity index (χ1n) is 9.28. The molecule has 0 saturated carbocycles.